The van der Waals surface area contributed by atoms with Gasteiger partial charge in [-0.25, -0.2) is 4.98 Å². The number of aryl methyl sites for hydroxylation is 1. The fourth-order valence-electron chi connectivity index (χ4n) is 1.91. The monoisotopic (exact) mass is 266 g/mol. The average Bonchev–Trinajstić information content (AvgIpc) is 2.45. The van der Waals surface area contributed by atoms with E-state index < -0.39 is 0 Å². The third-order valence-electron chi connectivity index (χ3n) is 2.64. The minimum atomic E-state index is 0.148. The SMILES string of the molecule is Cn1c(C(C)(C)C)cc2c(Br)ccnc21. The van der Waals surface area contributed by atoms with Gasteiger partial charge in [0.05, 0.1) is 0 Å². The van der Waals surface area contributed by atoms with E-state index >= 15 is 0 Å². The van der Waals surface area contributed by atoms with Crippen LogP contribution in [0.3, 0.4) is 0 Å². The fourth-order valence-corrected chi connectivity index (χ4v) is 2.32. The second-order valence-electron chi connectivity index (χ2n) is 4.87. The molecule has 0 fully saturated rings. The molecule has 0 aliphatic rings. The third-order valence-corrected chi connectivity index (χ3v) is 3.34. The molecule has 0 aromatic carbocycles. The molecule has 0 saturated heterocycles. The molecule has 0 spiro atoms. The minimum absolute atomic E-state index is 0.148. The molecule has 0 saturated carbocycles. The van der Waals surface area contributed by atoms with Crippen molar-refractivity contribution in [2.45, 2.75) is 26.2 Å². The van der Waals surface area contributed by atoms with Gasteiger partial charge in [0.1, 0.15) is 5.65 Å². The fraction of sp³-hybridized carbons (Fsp3) is 0.417. The van der Waals surface area contributed by atoms with Crippen molar-refractivity contribution in [2.24, 2.45) is 7.05 Å². The standard InChI is InChI=1S/C12H15BrN2/c1-12(2,3)10-7-8-9(13)5-6-14-11(8)15(10)4/h5-7H,1-4H3. The van der Waals surface area contributed by atoms with E-state index in [0.29, 0.717) is 0 Å². The summed E-state index contributed by atoms with van der Waals surface area (Å²) in [6.07, 6.45) is 1.83. The topological polar surface area (TPSA) is 17.8 Å². The maximum atomic E-state index is 4.41. The van der Waals surface area contributed by atoms with Crippen LogP contribution in [-0.2, 0) is 12.5 Å². The zero-order valence-electron chi connectivity index (χ0n) is 9.50. The average molecular weight is 267 g/mol. The lowest BCUT2D eigenvalue weighted by molar-refractivity contribution is 0.546. The predicted octanol–water partition coefficient (Wildman–Crippen LogP) is 3.63. The molecule has 0 bridgehead atoms. The third kappa shape index (κ3) is 1.69. The Labute approximate surface area is 98.4 Å². The molecule has 0 aliphatic carbocycles. The molecule has 15 heavy (non-hydrogen) atoms. The van der Waals surface area contributed by atoms with Crippen LogP contribution >= 0.6 is 15.9 Å². The predicted molar refractivity (Wildman–Crippen MR) is 67.1 cm³/mol. The second kappa shape index (κ2) is 3.34. The summed E-state index contributed by atoms with van der Waals surface area (Å²) in [5.74, 6) is 0. The van der Waals surface area contributed by atoms with Gasteiger partial charge in [-0.15, -0.1) is 0 Å². The van der Waals surface area contributed by atoms with Gasteiger partial charge in [0.15, 0.2) is 0 Å². The van der Waals surface area contributed by atoms with Crippen LogP contribution in [0, 0.1) is 0 Å². The molecule has 2 rings (SSSR count). The van der Waals surface area contributed by atoms with Crippen molar-refractivity contribution >= 4 is 27.0 Å². The molecule has 0 amide bonds. The highest BCUT2D eigenvalue weighted by atomic mass is 79.9. The summed E-state index contributed by atoms with van der Waals surface area (Å²) in [5, 5.41) is 1.19. The minimum Gasteiger partial charge on any atom is -0.332 e. The maximum Gasteiger partial charge on any atom is 0.140 e. The van der Waals surface area contributed by atoms with E-state index in [-0.39, 0.29) is 5.41 Å². The zero-order chi connectivity index (χ0) is 11.2. The first-order valence-corrected chi connectivity index (χ1v) is 5.81. The number of nitrogens with zero attached hydrogens (tertiary/aromatic N) is 2. The van der Waals surface area contributed by atoms with Crippen LogP contribution in [0.1, 0.15) is 26.5 Å². The highest BCUT2D eigenvalue weighted by molar-refractivity contribution is 9.10. The molecule has 2 aromatic heterocycles. The molecule has 0 N–H and O–H groups in total. The number of rotatable bonds is 0. The van der Waals surface area contributed by atoms with Gasteiger partial charge in [0, 0.05) is 34.2 Å². The quantitative estimate of drug-likeness (QED) is 0.712. The van der Waals surface area contributed by atoms with Crippen LogP contribution in [0.25, 0.3) is 11.0 Å². The van der Waals surface area contributed by atoms with Crippen molar-refractivity contribution in [3.8, 4) is 0 Å². The molecular weight excluding hydrogens is 252 g/mol. The van der Waals surface area contributed by atoms with Gasteiger partial charge in [-0.3, -0.25) is 0 Å². The number of hydrogen-bond acceptors (Lipinski definition) is 1. The summed E-state index contributed by atoms with van der Waals surface area (Å²) in [4.78, 5) is 4.41. The summed E-state index contributed by atoms with van der Waals surface area (Å²) in [6.45, 7) is 6.65. The van der Waals surface area contributed by atoms with Crippen LogP contribution in [0.2, 0.25) is 0 Å². The lowest BCUT2D eigenvalue weighted by Crippen LogP contribution is -2.15. The summed E-state index contributed by atoms with van der Waals surface area (Å²) < 4.78 is 3.28. The molecule has 0 atom stereocenters. The van der Waals surface area contributed by atoms with E-state index in [1.54, 1.807) is 0 Å². The molecule has 0 unspecified atom stereocenters. The number of halogens is 1. The second-order valence-corrected chi connectivity index (χ2v) is 5.72. The van der Waals surface area contributed by atoms with Crippen molar-refractivity contribution < 1.29 is 0 Å². The maximum absolute atomic E-state index is 4.41. The largest absolute Gasteiger partial charge is 0.332 e. The molecule has 2 aromatic rings. The summed E-state index contributed by atoms with van der Waals surface area (Å²) in [6, 6.07) is 4.20. The van der Waals surface area contributed by atoms with Gasteiger partial charge in [-0.2, -0.15) is 0 Å². The molecule has 2 nitrogen and oxygen atoms in total. The number of hydrogen-bond donors (Lipinski definition) is 0. The van der Waals surface area contributed by atoms with Crippen molar-refractivity contribution in [1.29, 1.82) is 0 Å². The van der Waals surface area contributed by atoms with Crippen molar-refractivity contribution in [3.63, 3.8) is 0 Å². The summed E-state index contributed by atoms with van der Waals surface area (Å²) in [5.41, 5.74) is 2.49. The van der Waals surface area contributed by atoms with Crippen LogP contribution in [0.5, 0.6) is 0 Å². The first-order valence-electron chi connectivity index (χ1n) is 5.01. The molecular formula is C12H15BrN2. The van der Waals surface area contributed by atoms with Crippen molar-refractivity contribution in [3.05, 3.63) is 28.5 Å². The Kier molecular flexibility index (Phi) is 2.38. The molecule has 0 aliphatic heterocycles. The summed E-state index contributed by atoms with van der Waals surface area (Å²) >= 11 is 3.56. The van der Waals surface area contributed by atoms with E-state index in [2.05, 4.69) is 59.4 Å². The van der Waals surface area contributed by atoms with E-state index in [0.717, 1.165) is 10.1 Å². The molecule has 0 radical (unpaired) electrons. The lowest BCUT2D eigenvalue weighted by atomic mass is 9.92. The van der Waals surface area contributed by atoms with Crippen LogP contribution in [-0.4, -0.2) is 9.55 Å². The lowest BCUT2D eigenvalue weighted by Gasteiger charge is -2.19. The van der Waals surface area contributed by atoms with Crippen molar-refractivity contribution in [1.82, 2.24) is 9.55 Å². The normalized spacial score (nSPS) is 12.3. The number of aromatic nitrogens is 2. The molecule has 2 heterocycles. The first-order chi connectivity index (χ1) is 6.91. The Morgan fingerprint density at radius 1 is 1.33 bits per heavy atom. The smallest absolute Gasteiger partial charge is 0.140 e. The van der Waals surface area contributed by atoms with Gasteiger partial charge < -0.3 is 4.57 Å². The van der Waals surface area contributed by atoms with Gasteiger partial charge in [-0.05, 0) is 28.1 Å². The van der Waals surface area contributed by atoms with Gasteiger partial charge in [-0.1, -0.05) is 20.8 Å². The number of pyridine rings is 1. The highest BCUT2D eigenvalue weighted by Gasteiger charge is 2.20. The van der Waals surface area contributed by atoms with E-state index in [1.165, 1.54) is 11.1 Å². The molecule has 80 valence electrons. The molecule has 3 heteroatoms. The van der Waals surface area contributed by atoms with Crippen molar-refractivity contribution in [2.75, 3.05) is 0 Å². The van der Waals surface area contributed by atoms with Crippen LogP contribution < -0.4 is 0 Å². The van der Waals surface area contributed by atoms with E-state index in [1.807, 2.05) is 12.3 Å². The Hall–Kier alpha value is -0.830. The van der Waals surface area contributed by atoms with Gasteiger partial charge >= 0.3 is 0 Å². The van der Waals surface area contributed by atoms with E-state index in [9.17, 15) is 0 Å². The van der Waals surface area contributed by atoms with Crippen LogP contribution in [0.15, 0.2) is 22.8 Å². The zero-order valence-corrected chi connectivity index (χ0v) is 11.1. The first kappa shape index (κ1) is 10.7. The van der Waals surface area contributed by atoms with Gasteiger partial charge in [0.25, 0.3) is 0 Å². The Morgan fingerprint density at radius 2 is 2.00 bits per heavy atom. The number of fused-ring (bicyclic) bond motifs is 1. The van der Waals surface area contributed by atoms with E-state index in [4.69, 9.17) is 0 Å². The Bertz CT molecular complexity index is 506. The van der Waals surface area contributed by atoms with Gasteiger partial charge in [0.2, 0.25) is 0 Å². The Morgan fingerprint density at radius 3 is 2.53 bits per heavy atom. The summed E-state index contributed by atoms with van der Waals surface area (Å²) in [7, 11) is 2.07. The van der Waals surface area contributed by atoms with Crippen LogP contribution in [0.4, 0.5) is 0 Å². The Balaban J connectivity index is 2.81. The highest BCUT2D eigenvalue weighted by Crippen LogP contribution is 2.30.